The molecule has 2 unspecified atom stereocenters. The van der Waals surface area contributed by atoms with E-state index in [9.17, 15) is 20.3 Å². The van der Waals surface area contributed by atoms with E-state index in [1.54, 1.807) is 18.5 Å². The summed E-state index contributed by atoms with van der Waals surface area (Å²) in [5, 5.41) is 29.7. The predicted octanol–water partition coefficient (Wildman–Crippen LogP) is 3.97. The minimum absolute atomic E-state index is 0.00267. The molecule has 0 bridgehead atoms. The molecule has 1 amide bonds. The highest BCUT2D eigenvalue weighted by molar-refractivity contribution is 5.87. The van der Waals surface area contributed by atoms with Crippen LogP contribution in [0.3, 0.4) is 0 Å². The van der Waals surface area contributed by atoms with E-state index in [2.05, 4.69) is 16.0 Å². The highest BCUT2D eigenvalue weighted by Gasteiger charge is 2.38. The van der Waals surface area contributed by atoms with Gasteiger partial charge in [0, 0.05) is 24.6 Å². The second kappa shape index (κ2) is 9.69. The summed E-state index contributed by atoms with van der Waals surface area (Å²) < 4.78 is 7.15. The minimum Gasteiger partial charge on any atom is -0.481 e. The van der Waals surface area contributed by atoms with E-state index in [0.717, 1.165) is 35.9 Å². The molecule has 1 aliphatic rings. The van der Waals surface area contributed by atoms with Crippen LogP contribution in [-0.4, -0.2) is 51.1 Å². The van der Waals surface area contributed by atoms with Crippen LogP contribution in [0, 0.1) is 29.6 Å². The van der Waals surface area contributed by atoms with Gasteiger partial charge >= 0.3 is 6.09 Å². The van der Waals surface area contributed by atoms with Crippen molar-refractivity contribution in [2.75, 3.05) is 25.2 Å². The lowest BCUT2D eigenvalue weighted by Crippen LogP contribution is -2.42. The number of benzene rings is 1. The number of carboxylic acid groups (broad SMARTS) is 1. The summed E-state index contributed by atoms with van der Waals surface area (Å²) in [6.07, 6.45) is 5.57. The number of nitrogens with zero attached hydrogens (tertiary/aromatic N) is 5. The second-order valence-corrected chi connectivity index (χ2v) is 9.21. The zero-order chi connectivity index (χ0) is 24.3. The highest BCUT2D eigenvalue weighted by atomic mass is 16.5. The topological polar surface area (TPSA) is 124 Å². The smallest absolute Gasteiger partial charge is 0.411 e. The first kappa shape index (κ1) is 23.5. The van der Waals surface area contributed by atoms with Crippen molar-refractivity contribution in [3.05, 3.63) is 47.9 Å². The Labute approximate surface area is 198 Å². The van der Waals surface area contributed by atoms with Gasteiger partial charge < -0.3 is 19.5 Å². The van der Waals surface area contributed by atoms with Gasteiger partial charge in [-0.05, 0) is 55.9 Å². The first-order chi connectivity index (χ1) is 16.4. The first-order valence-corrected chi connectivity index (χ1v) is 11.3. The number of nitriles is 1. The molecule has 1 aliphatic carbocycles. The third-order valence-electron chi connectivity index (χ3n) is 6.86. The lowest BCUT2D eigenvalue weighted by Gasteiger charge is -2.41. The first-order valence-electron chi connectivity index (χ1n) is 11.3. The van der Waals surface area contributed by atoms with Crippen LogP contribution in [0.2, 0.25) is 0 Å². The SMILES string of the molecule is COc1cc(C)c(N(CC2CCCC(CO)(Cn3cnc4ccc(C#N)cc43)C2)C(=O)O)cn1. The summed E-state index contributed by atoms with van der Waals surface area (Å²) in [6, 6.07) is 9.28. The molecule has 0 radical (unpaired) electrons. The largest absolute Gasteiger partial charge is 0.481 e. The lowest BCUT2D eigenvalue weighted by molar-refractivity contribution is 0.0429. The van der Waals surface area contributed by atoms with Gasteiger partial charge in [0.25, 0.3) is 0 Å². The van der Waals surface area contributed by atoms with E-state index in [1.807, 2.05) is 23.6 Å². The number of ether oxygens (including phenoxy) is 1. The monoisotopic (exact) mass is 463 g/mol. The van der Waals surface area contributed by atoms with Gasteiger partial charge in [0.15, 0.2) is 0 Å². The summed E-state index contributed by atoms with van der Waals surface area (Å²) in [6.45, 7) is 2.72. The number of aromatic nitrogens is 3. The van der Waals surface area contributed by atoms with Crippen LogP contribution >= 0.6 is 0 Å². The number of pyridine rings is 1. The zero-order valence-electron chi connectivity index (χ0n) is 19.4. The zero-order valence-corrected chi connectivity index (χ0v) is 19.4. The number of aliphatic hydroxyl groups excluding tert-OH is 1. The van der Waals surface area contributed by atoms with Gasteiger partial charge in [-0.2, -0.15) is 5.26 Å². The summed E-state index contributed by atoms with van der Waals surface area (Å²) in [5.74, 6) is 0.527. The molecule has 4 rings (SSSR count). The minimum atomic E-state index is -1.03. The Hall–Kier alpha value is -3.64. The average Bonchev–Trinajstić information content (AvgIpc) is 3.24. The number of methoxy groups -OCH3 is 1. The molecule has 2 aromatic heterocycles. The summed E-state index contributed by atoms with van der Waals surface area (Å²) in [4.78, 5) is 22.1. The van der Waals surface area contributed by atoms with Gasteiger partial charge in [0.2, 0.25) is 5.88 Å². The van der Waals surface area contributed by atoms with Gasteiger partial charge in [-0.3, -0.25) is 4.90 Å². The molecule has 2 N–H and O–H groups in total. The molecule has 0 spiro atoms. The van der Waals surface area contributed by atoms with E-state index in [4.69, 9.17) is 4.74 Å². The molecule has 1 fully saturated rings. The number of carbonyl (C=O) groups is 1. The maximum absolute atomic E-state index is 12.2. The van der Waals surface area contributed by atoms with Gasteiger partial charge in [-0.1, -0.05) is 6.42 Å². The summed E-state index contributed by atoms with van der Waals surface area (Å²) in [5.41, 5.74) is 3.15. The van der Waals surface area contributed by atoms with Crippen molar-refractivity contribution in [2.24, 2.45) is 11.3 Å². The van der Waals surface area contributed by atoms with E-state index >= 15 is 0 Å². The number of hydrogen-bond acceptors (Lipinski definition) is 6. The van der Waals surface area contributed by atoms with Crippen LogP contribution in [-0.2, 0) is 6.54 Å². The van der Waals surface area contributed by atoms with Crippen LogP contribution in [0.1, 0.15) is 36.8 Å². The van der Waals surface area contributed by atoms with Crippen LogP contribution in [0.25, 0.3) is 11.0 Å². The molecule has 34 heavy (non-hydrogen) atoms. The molecule has 0 aliphatic heterocycles. The van der Waals surface area contributed by atoms with Gasteiger partial charge in [0.1, 0.15) is 0 Å². The Balaban J connectivity index is 1.56. The van der Waals surface area contributed by atoms with E-state index in [-0.39, 0.29) is 12.5 Å². The molecule has 3 aromatic rings. The Morgan fingerprint density at radius 3 is 2.88 bits per heavy atom. The molecule has 2 atom stereocenters. The van der Waals surface area contributed by atoms with Crippen molar-refractivity contribution in [3.8, 4) is 11.9 Å². The molecular formula is C25H29N5O4. The number of rotatable bonds is 7. The van der Waals surface area contributed by atoms with Gasteiger partial charge in [-0.15, -0.1) is 0 Å². The van der Waals surface area contributed by atoms with E-state index in [1.165, 1.54) is 18.2 Å². The Morgan fingerprint density at radius 1 is 1.38 bits per heavy atom. The fraction of sp³-hybridized carbons (Fsp3) is 0.440. The second-order valence-electron chi connectivity index (χ2n) is 9.21. The fourth-order valence-electron chi connectivity index (χ4n) is 5.14. The molecule has 9 nitrogen and oxygen atoms in total. The molecule has 1 aromatic carbocycles. The lowest BCUT2D eigenvalue weighted by atomic mass is 9.69. The number of anilines is 1. The summed E-state index contributed by atoms with van der Waals surface area (Å²) >= 11 is 0. The maximum Gasteiger partial charge on any atom is 0.411 e. The van der Waals surface area contributed by atoms with Crippen molar-refractivity contribution in [3.63, 3.8) is 0 Å². The van der Waals surface area contributed by atoms with Crippen LogP contribution in [0.4, 0.5) is 10.5 Å². The van der Waals surface area contributed by atoms with Crippen molar-refractivity contribution >= 4 is 22.8 Å². The number of amides is 1. The maximum atomic E-state index is 12.2. The van der Waals surface area contributed by atoms with Crippen molar-refractivity contribution in [2.45, 2.75) is 39.2 Å². The molecular weight excluding hydrogens is 434 g/mol. The number of fused-ring (bicyclic) bond motifs is 1. The number of aryl methyl sites for hydroxylation is 1. The fourth-order valence-corrected chi connectivity index (χ4v) is 5.14. The van der Waals surface area contributed by atoms with E-state index in [0.29, 0.717) is 36.6 Å². The highest BCUT2D eigenvalue weighted by Crippen LogP contribution is 2.42. The molecule has 9 heteroatoms. The average molecular weight is 464 g/mol. The van der Waals surface area contributed by atoms with Gasteiger partial charge in [-0.25, -0.2) is 14.8 Å². The quantitative estimate of drug-likeness (QED) is 0.543. The van der Waals surface area contributed by atoms with Crippen molar-refractivity contribution in [1.29, 1.82) is 5.26 Å². The third-order valence-corrected chi connectivity index (χ3v) is 6.86. The number of aliphatic hydroxyl groups is 1. The number of hydrogen-bond donors (Lipinski definition) is 2. The van der Waals surface area contributed by atoms with E-state index < -0.39 is 11.5 Å². The number of imidazole rings is 1. The van der Waals surface area contributed by atoms with Crippen molar-refractivity contribution in [1.82, 2.24) is 14.5 Å². The van der Waals surface area contributed by atoms with Crippen LogP contribution in [0.5, 0.6) is 5.88 Å². The normalized spacial score (nSPS) is 20.1. The molecule has 1 saturated carbocycles. The Kier molecular flexibility index (Phi) is 6.70. The Bertz CT molecular complexity index is 1230. The van der Waals surface area contributed by atoms with Gasteiger partial charge in [0.05, 0.1) is 54.6 Å². The van der Waals surface area contributed by atoms with Crippen molar-refractivity contribution < 1.29 is 19.7 Å². The Morgan fingerprint density at radius 2 is 2.21 bits per heavy atom. The third kappa shape index (κ3) is 4.68. The molecule has 178 valence electrons. The van der Waals surface area contributed by atoms with Crippen LogP contribution < -0.4 is 9.64 Å². The molecule has 0 saturated heterocycles. The predicted molar refractivity (Wildman–Crippen MR) is 127 cm³/mol. The summed E-state index contributed by atoms with van der Waals surface area (Å²) in [7, 11) is 1.53. The van der Waals surface area contributed by atoms with Crippen LogP contribution in [0.15, 0.2) is 36.8 Å². The standard InChI is InChI=1S/C25H29N5O4/c1-17-8-23(34-2)27-12-22(17)30(24(32)33)13-19-4-3-7-25(10-19,15-31)14-29-16-28-20-6-5-18(11-26)9-21(20)29/h5-6,8-9,12,16,19,31H,3-4,7,10,13-15H2,1-2H3,(H,32,33). The molecule has 2 heterocycles.